The fourth-order valence-corrected chi connectivity index (χ4v) is 9.56. The molecule has 0 amide bonds. The third-order valence-corrected chi connectivity index (χ3v) is 12.5. The maximum atomic E-state index is 3.68. The van der Waals surface area contributed by atoms with Gasteiger partial charge in [-0.3, -0.25) is 0 Å². The molecular formula is C52H33Br2IN2. The molecule has 0 spiro atoms. The van der Waals surface area contributed by atoms with Crippen LogP contribution in [0.3, 0.4) is 0 Å². The van der Waals surface area contributed by atoms with Crippen LogP contribution in [0.15, 0.2) is 203 Å². The molecule has 272 valence electrons. The fraction of sp³-hybridized carbons (Fsp3) is 0. The summed E-state index contributed by atoms with van der Waals surface area (Å²) in [6.45, 7) is 0. The van der Waals surface area contributed by atoms with Crippen molar-refractivity contribution < 1.29 is 0 Å². The molecular weight excluding hydrogens is 939 g/mol. The number of H-pyrrole nitrogens is 1. The van der Waals surface area contributed by atoms with Crippen LogP contribution in [0.25, 0.3) is 92.4 Å². The van der Waals surface area contributed by atoms with E-state index in [0.29, 0.717) is 0 Å². The summed E-state index contributed by atoms with van der Waals surface area (Å²) in [5.74, 6) is 0. The molecule has 0 atom stereocenters. The summed E-state index contributed by atoms with van der Waals surface area (Å²) in [7, 11) is 0. The normalized spacial score (nSPS) is 11.4. The maximum absolute atomic E-state index is 3.68. The first-order valence-electron chi connectivity index (χ1n) is 18.8. The molecule has 0 saturated carbocycles. The Morgan fingerprint density at radius 2 is 0.842 bits per heavy atom. The van der Waals surface area contributed by atoms with Gasteiger partial charge in [0.25, 0.3) is 0 Å². The van der Waals surface area contributed by atoms with Crippen LogP contribution < -0.4 is 0 Å². The lowest BCUT2D eigenvalue weighted by Gasteiger charge is -2.12. The summed E-state index contributed by atoms with van der Waals surface area (Å²) < 4.78 is 5.89. The number of benzene rings is 10. The number of aromatic nitrogens is 2. The van der Waals surface area contributed by atoms with Crippen molar-refractivity contribution in [3.8, 4) is 5.69 Å². The van der Waals surface area contributed by atoms with Crippen LogP contribution in [-0.2, 0) is 0 Å². The standard InChI is InChI=1S/C26H16BrN.C20H12BrN.C6H5I/c27-17-14-15-23-24(16-17)28(18-8-2-1-3-9-18)26-22-13-7-5-11-20(22)19-10-4-6-12-21(19)25(23)26;21-12-9-10-17-18(11-12)22-20-16-8-4-2-6-14(16)13-5-1-3-7-15(13)19(17)20;7-6-4-2-1-3-5-6/h1-16H;1-11,22H;1-5H. The van der Waals surface area contributed by atoms with E-state index in [4.69, 9.17) is 0 Å². The monoisotopic (exact) mass is 970 g/mol. The number of halogens is 3. The van der Waals surface area contributed by atoms with E-state index in [2.05, 4.69) is 240 Å². The lowest BCUT2D eigenvalue weighted by Crippen LogP contribution is -1.94. The third kappa shape index (κ3) is 6.38. The second-order valence-corrected chi connectivity index (χ2v) is 17.2. The Morgan fingerprint density at radius 3 is 1.44 bits per heavy atom. The van der Waals surface area contributed by atoms with Gasteiger partial charge in [0.15, 0.2) is 0 Å². The molecule has 12 aromatic rings. The van der Waals surface area contributed by atoms with Crippen molar-refractivity contribution in [3.63, 3.8) is 0 Å². The molecule has 0 saturated heterocycles. The second kappa shape index (κ2) is 15.1. The summed E-state index contributed by atoms with van der Waals surface area (Å²) in [5.41, 5.74) is 6.07. The highest BCUT2D eigenvalue weighted by Gasteiger charge is 2.19. The van der Waals surface area contributed by atoms with Gasteiger partial charge in [-0.05, 0) is 103 Å². The number of para-hydroxylation sites is 1. The van der Waals surface area contributed by atoms with Crippen molar-refractivity contribution in [2.24, 2.45) is 0 Å². The molecule has 2 nitrogen and oxygen atoms in total. The lowest BCUT2D eigenvalue weighted by atomic mass is 9.97. The van der Waals surface area contributed by atoms with Gasteiger partial charge in [0.2, 0.25) is 0 Å². The zero-order valence-electron chi connectivity index (χ0n) is 30.6. The number of aromatic amines is 1. The number of hydrogen-bond acceptors (Lipinski definition) is 0. The maximum Gasteiger partial charge on any atom is 0.0625 e. The Balaban J connectivity index is 0.000000121. The van der Waals surface area contributed by atoms with Gasteiger partial charge in [-0.1, -0.05) is 177 Å². The Labute approximate surface area is 360 Å². The van der Waals surface area contributed by atoms with Gasteiger partial charge >= 0.3 is 0 Å². The first kappa shape index (κ1) is 35.9. The number of nitrogens with one attached hydrogen (secondary N) is 1. The zero-order valence-corrected chi connectivity index (χ0v) is 35.9. The largest absolute Gasteiger partial charge is 0.354 e. The van der Waals surface area contributed by atoms with Crippen molar-refractivity contribution in [2.75, 3.05) is 0 Å². The van der Waals surface area contributed by atoms with Gasteiger partial charge in [0, 0.05) is 56.0 Å². The van der Waals surface area contributed by atoms with Gasteiger partial charge < -0.3 is 9.55 Å². The molecule has 0 aliphatic carbocycles. The van der Waals surface area contributed by atoms with Gasteiger partial charge in [-0.25, -0.2) is 0 Å². The Kier molecular flexibility index (Phi) is 9.53. The van der Waals surface area contributed by atoms with Crippen molar-refractivity contribution in [1.82, 2.24) is 9.55 Å². The summed E-state index contributed by atoms with van der Waals surface area (Å²) in [6, 6.07) is 68.7. The molecule has 0 fully saturated rings. The Bertz CT molecular complexity index is 3440. The highest BCUT2D eigenvalue weighted by atomic mass is 127. The average Bonchev–Trinajstić information content (AvgIpc) is 3.81. The van der Waals surface area contributed by atoms with E-state index in [9.17, 15) is 0 Å². The Morgan fingerprint density at radius 1 is 0.386 bits per heavy atom. The second-order valence-electron chi connectivity index (χ2n) is 14.1. The van der Waals surface area contributed by atoms with Crippen LogP contribution in [0, 0.1) is 3.57 Å². The Hall–Kier alpha value is -5.47. The minimum absolute atomic E-state index is 1.09. The van der Waals surface area contributed by atoms with E-state index in [0.717, 1.165) is 8.95 Å². The predicted molar refractivity (Wildman–Crippen MR) is 261 cm³/mol. The van der Waals surface area contributed by atoms with Gasteiger partial charge in [-0.15, -0.1) is 0 Å². The summed E-state index contributed by atoms with van der Waals surface area (Å²) >= 11 is 9.53. The van der Waals surface area contributed by atoms with Crippen LogP contribution in [-0.4, -0.2) is 9.55 Å². The zero-order chi connectivity index (χ0) is 38.5. The predicted octanol–water partition coefficient (Wildman–Crippen LogP) is 16.5. The van der Waals surface area contributed by atoms with Gasteiger partial charge in [0.1, 0.15) is 0 Å². The average molecular weight is 973 g/mol. The quantitative estimate of drug-likeness (QED) is 0.125. The minimum Gasteiger partial charge on any atom is -0.354 e. The molecule has 10 aromatic carbocycles. The summed E-state index contributed by atoms with van der Waals surface area (Å²) in [5, 5.41) is 15.6. The van der Waals surface area contributed by atoms with Crippen molar-refractivity contribution >= 4 is 141 Å². The van der Waals surface area contributed by atoms with E-state index < -0.39 is 0 Å². The van der Waals surface area contributed by atoms with Crippen molar-refractivity contribution in [3.05, 3.63) is 207 Å². The smallest absolute Gasteiger partial charge is 0.0625 e. The number of nitrogens with zero attached hydrogens (tertiary/aromatic N) is 1. The van der Waals surface area contributed by atoms with E-state index in [1.165, 1.54) is 96.0 Å². The summed E-state index contributed by atoms with van der Waals surface area (Å²) in [6.07, 6.45) is 0. The van der Waals surface area contributed by atoms with E-state index >= 15 is 0 Å². The number of hydrogen-bond donors (Lipinski definition) is 1. The minimum atomic E-state index is 1.09. The lowest BCUT2D eigenvalue weighted by molar-refractivity contribution is 1.19. The van der Waals surface area contributed by atoms with Gasteiger partial charge in [0.05, 0.1) is 16.6 Å². The molecule has 0 aliphatic heterocycles. The van der Waals surface area contributed by atoms with Crippen LogP contribution in [0.5, 0.6) is 0 Å². The molecule has 2 aromatic heterocycles. The van der Waals surface area contributed by atoms with E-state index in [-0.39, 0.29) is 0 Å². The molecule has 2 heterocycles. The van der Waals surface area contributed by atoms with Crippen molar-refractivity contribution in [1.29, 1.82) is 0 Å². The summed E-state index contributed by atoms with van der Waals surface area (Å²) in [4.78, 5) is 3.62. The molecule has 0 unspecified atom stereocenters. The molecule has 1 N–H and O–H groups in total. The SMILES string of the molecule is Brc1ccc2c(c1)[nH]c1c3ccccc3c3ccccc3c21.Brc1ccc2c3c4ccccc4c4ccccc4c3n(-c3ccccc3)c2c1.Ic1ccccc1. The molecule has 0 radical (unpaired) electrons. The fourth-order valence-electron chi connectivity index (χ4n) is 8.43. The topological polar surface area (TPSA) is 20.7 Å². The molecule has 12 rings (SSSR count). The molecule has 5 heteroatoms. The highest BCUT2D eigenvalue weighted by molar-refractivity contribution is 14.1. The first-order valence-corrected chi connectivity index (χ1v) is 21.5. The third-order valence-electron chi connectivity index (χ3n) is 10.8. The van der Waals surface area contributed by atoms with Crippen LogP contribution in [0.1, 0.15) is 0 Å². The molecule has 0 aliphatic rings. The molecule has 0 bridgehead atoms. The van der Waals surface area contributed by atoms with Gasteiger partial charge in [-0.2, -0.15) is 0 Å². The number of fused-ring (bicyclic) bond motifs is 16. The van der Waals surface area contributed by atoms with Crippen LogP contribution in [0.2, 0.25) is 0 Å². The van der Waals surface area contributed by atoms with E-state index in [1.54, 1.807) is 0 Å². The highest BCUT2D eigenvalue weighted by Crippen LogP contribution is 2.43. The van der Waals surface area contributed by atoms with E-state index in [1.807, 2.05) is 18.2 Å². The van der Waals surface area contributed by atoms with Crippen LogP contribution >= 0.6 is 54.5 Å². The number of rotatable bonds is 1. The first-order chi connectivity index (χ1) is 28.0. The molecule has 57 heavy (non-hydrogen) atoms. The van der Waals surface area contributed by atoms with Crippen LogP contribution in [0.4, 0.5) is 0 Å². The van der Waals surface area contributed by atoms with Crippen molar-refractivity contribution in [2.45, 2.75) is 0 Å².